The van der Waals surface area contributed by atoms with Crippen LogP contribution >= 0.6 is 0 Å². The second-order valence-electron chi connectivity index (χ2n) is 5.04. The molecule has 0 radical (unpaired) electrons. The van der Waals surface area contributed by atoms with E-state index in [1.807, 2.05) is 6.07 Å². The minimum Gasteiger partial charge on any atom is -0.338 e. The number of hydrogen-bond donors (Lipinski definition) is 2. The molecule has 7 heteroatoms. The van der Waals surface area contributed by atoms with E-state index in [1.54, 1.807) is 42.5 Å². The normalized spacial score (nSPS) is 9.92. The van der Waals surface area contributed by atoms with Gasteiger partial charge in [0.2, 0.25) is 0 Å². The van der Waals surface area contributed by atoms with Gasteiger partial charge in [0.05, 0.1) is 17.3 Å². The van der Waals surface area contributed by atoms with Gasteiger partial charge in [0, 0.05) is 11.8 Å². The van der Waals surface area contributed by atoms with E-state index in [2.05, 4.69) is 20.6 Å². The van der Waals surface area contributed by atoms with Gasteiger partial charge >= 0.3 is 0 Å². The first-order valence-electron chi connectivity index (χ1n) is 7.31. The van der Waals surface area contributed by atoms with Crippen molar-refractivity contribution in [2.24, 2.45) is 0 Å². The largest absolute Gasteiger partial charge is 0.338 e. The van der Waals surface area contributed by atoms with E-state index >= 15 is 0 Å². The lowest BCUT2D eigenvalue weighted by atomic mass is 10.2. The maximum Gasteiger partial charge on any atom is 0.274 e. The number of para-hydroxylation sites is 1. The number of benzene rings is 2. The fourth-order valence-electron chi connectivity index (χ4n) is 2.11. The molecule has 3 rings (SSSR count). The Bertz CT molecular complexity index is 967. The van der Waals surface area contributed by atoms with Gasteiger partial charge in [0.15, 0.2) is 0 Å². The molecule has 1 amide bonds. The summed E-state index contributed by atoms with van der Waals surface area (Å²) in [6, 6.07) is 16.1. The number of halogens is 1. The molecule has 25 heavy (non-hydrogen) atoms. The first kappa shape index (κ1) is 16.1. The Morgan fingerprint density at radius 1 is 1.08 bits per heavy atom. The monoisotopic (exact) mass is 333 g/mol. The highest BCUT2D eigenvalue weighted by Crippen LogP contribution is 2.18. The summed E-state index contributed by atoms with van der Waals surface area (Å²) in [4.78, 5) is 20.2. The van der Waals surface area contributed by atoms with Crippen molar-refractivity contribution in [3.05, 3.63) is 78.0 Å². The molecule has 6 nitrogen and oxygen atoms in total. The molecule has 0 aliphatic rings. The lowest BCUT2D eigenvalue weighted by Gasteiger charge is -2.08. The third-order valence-electron chi connectivity index (χ3n) is 3.29. The zero-order valence-corrected chi connectivity index (χ0v) is 12.9. The third-order valence-corrected chi connectivity index (χ3v) is 3.29. The Hall–Kier alpha value is -3.79. The van der Waals surface area contributed by atoms with Crippen molar-refractivity contribution < 1.29 is 9.18 Å². The number of carbonyl (C=O) groups is 1. The third kappa shape index (κ3) is 3.95. The molecule has 2 aromatic carbocycles. The van der Waals surface area contributed by atoms with Crippen molar-refractivity contribution in [3.63, 3.8) is 0 Å². The zero-order valence-electron chi connectivity index (χ0n) is 12.9. The van der Waals surface area contributed by atoms with Crippen LogP contribution in [0.5, 0.6) is 0 Å². The SMILES string of the molecule is N#Cc1cccc(NC(=O)c2cc(Nc3ccccc3F)ncn2)c1. The number of aromatic nitrogens is 2. The van der Waals surface area contributed by atoms with Crippen molar-refractivity contribution in [2.75, 3.05) is 10.6 Å². The molecule has 0 aliphatic carbocycles. The topological polar surface area (TPSA) is 90.7 Å². The summed E-state index contributed by atoms with van der Waals surface area (Å²) < 4.78 is 13.7. The predicted octanol–water partition coefficient (Wildman–Crippen LogP) is 3.48. The van der Waals surface area contributed by atoms with E-state index < -0.39 is 11.7 Å². The lowest BCUT2D eigenvalue weighted by Crippen LogP contribution is -2.14. The van der Waals surface area contributed by atoms with Gasteiger partial charge in [-0.3, -0.25) is 4.79 Å². The number of carbonyl (C=O) groups excluding carboxylic acids is 1. The minimum atomic E-state index is -0.464. The molecule has 0 saturated carbocycles. The Kier molecular flexibility index (Phi) is 4.62. The van der Waals surface area contributed by atoms with Gasteiger partial charge in [-0.05, 0) is 30.3 Å². The molecular weight excluding hydrogens is 321 g/mol. The summed E-state index contributed by atoms with van der Waals surface area (Å²) in [6.07, 6.45) is 1.21. The summed E-state index contributed by atoms with van der Waals surface area (Å²) in [6.45, 7) is 0. The van der Waals surface area contributed by atoms with Crippen LogP contribution in [0.4, 0.5) is 21.6 Å². The number of nitriles is 1. The Morgan fingerprint density at radius 2 is 1.92 bits per heavy atom. The second-order valence-corrected chi connectivity index (χ2v) is 5.04. The van der Waals surface area contributed by atoms with Gasteiger partial charge in [0.25, 0.3) is 5.91 Å². The van der Waals surface area contributed by atoms with Crippen LogP contribution in [-0.2, 0) is 0 Å². The smallest absolute Gasteiger partial charge is 0.274 e. The van der Waals surface area contributed by atoms with Gasteiger partial charge < -0.3 is 10.6 Å². The molecule has 0 spiro atoms. The summed E-state index contributed by atoms with van der Waals surface area (Å²) >= 11 is 0. The predicted molar refractivity (Wildman–Crippen MR) is 90.8 cm³/mol. The first-order chi connectivity index (χ1) is 12.2. The molecule has 1 aromatic heterocycles. The number of hydrogen-bond acceptors (Lipinski definition) is 5. The summed E-state index contributed by atoms with van der Waals surface area (Å²) in [5.74, 6) is -0.606. The molecule has 2 N–H and O–H groups in total. The molecule has 0 atom stereocenters. The van der Waals surface area contributed by atoms with Crippen LogP contribution in [-0.4, -0.2) is 15.9 Å². The maximum atomic E-state index is 13.7. The van der Waals surface area contributed by atoms with E-state index in [0.717, 1.165) is 0 Å². The van der Waals surface area contributed by atoms with E-state index in [4.69, 9.17) is 5.26 Å². The molecule has 1 heterocycles. The van der Waals surface area contributed by atoms with Crippen molar-refractivity contribution in [1.29, 1.82) is 5.26 Å². The molecule has 0 bridgehead atoms. The van der Waals surface area contributed by atoms with Gasteiger partial charge in [-0.1, -0.05) is 18.2 Å². The average molecular weight is 333 g/mol. The average Bonchev–Trinajstić information content (AvgIpc) is 2.64. The quantitative estimate of drug-likeness (QED) is 0.763. The van der Waals surface area contributed by atoms with E-state index in [0.29, 0.717) is 11.3 Å². The Balaban J connectivity index is 1.77. The highest BCUT2D eigenvalue weighted by molar-refractivity contribution is 6.03. The summed E-state index contributed by atoms with van der Waals surface area (Å²) in [7, 11) is 0. The molecule has 3 aromatic rings. The Morgan fingerprint density at radius 3 is 2.72 bits per heavy atom. The maximum absolute atomic E-state index is 13.7. The minimum absolute atomic E-state index is 0.108. The van der Waals surface area contributed by atoms with Crippen LogP contribution in [0.2, 0.25) is 0 Å². The standard InChI is InChI=1S/C18H12FN5O/c19-14-6-1-2-7-15(14)24-17-9-16(21-11-22-17)18(25)23-13-5-3-4-12(8-13)10-20/h1-9,11H,(H,23,25)(H,21,22,24). The molecule has 0 fully saturated rings. The summed E-state index contributed by atoms with van der Waals surface area (Å²) in [5, 5.41) is 14.3. The highest BCUT2D eigenvalue weighted by atomic mass is 19.1. The highest BCUT2D eigenvalue weighted by Gasteiger charge is 2.10. The van der Waals surface area contributed by atoms with E-state index in [9.17, 15) is 9.18 Å². The number of rotatable bonds is 4. The van der Waals surface area contributed by atoms with Crippen LogP contribution in [0.3, 0.4) is 0 Å². The number of anilines is 3. The van der Waals surface area contributed by atoms with Crippen LogP contribution in [0.15, 0.2) is 60.9 Å². The van der Waals surface area contributed by atoms with E-state index in [1.165, 1.54) is 18.5 Å². The van der Waals surface area contributed by atoms with Crippen LogP contribution in [0.25, 0.3) is 0 Å². The zero-order chi connectivity index (χ0) is 17.6. The fourth-order valence-corrected chi connectivity index (χ4v) is 2.11. The molecule has 0 saturated heterocycles. The molecule has 122 valence electrons. The van der Waals surface area contributed by atoms with Crippen molar-refractivity contribution in [3.8, 4) is 6.07 Å². The Labute approximate surface area is 143 Å². The summed E-state index contributed by atoms with van der Waals surface area (Å²) in [5.41, 5.74) is 1.26. The van der Waals surface area contributed by atoms with Crippen LogP contribution < -0.4 is 10.6 Å². The van der Waals surface area contributed by atoms with Crippen LogP contribution in [0.1, 0.15) is 16.1 Å². The molecule has 0 unspecified atom stereocenters. The molecular formula is C18H12FN5O. The number of nitrogens with zero attached hydrogens (tertiary/aromatic N) is 3. The van der Waals surface area contributed by atoms with Crippen molar-refractivity contribution >= 4 is 23.1 Å². The first-order valence-corrected chi connectivity index (χ1v) is 7.31. The van der Waals surface area contributed by atoms with Gasteiger partial charge in [-0.15, -0.1) is 0 Å². The van der Waals surface area contributed by atoms with Crippen LogP contribution in [0, 0.1) is 17.1 Å². The van der Waals surface area contributed by atoms with Crippen molar-refractivity contribution in [1.82, 2.24) is 9.97 Å². The van der Waals surface area contributed by atoms with Gasteiger partial charge in [0.1, 0.15) is 23.7 Å². The van der Waals surface area contributed by atoms with E-state index in [-0.39, 0.29) is 17.2 Å². The van der Waals surface area contributed by atoms with Crippen molar-refractivity contribution in [2.45, 2.75) is 0 Å². The molecule has 0 aliphatic heterocycles. The van der Waals surface area contributed by atoms with Gasteiger partial charge in [-0.25, -0.2) is 14.4 Å². The van der Waals surface area contributed by atoms with Gasteiger partial charge in [-0.2, -0.15) is 5.26 Å². The number of nitrogens with one attached hydrogen (secondary N) is 2. The number of amides is 1. The second kappa shape index (κ2) is 7.19. The lowest BCUT2D eigenvalue weighted by molar-refractivity contribution is 0.102. The fraction of sp³-hybridized carbons (Fsp3) is 0.